The number of nitrogens with one attached hydrogen (secondary N) is 2. The summed E-state index contributed by atoms with van der Waals surface area (Å²) in [6.45, 7) is 7.70. The SMILES string of the molecule is Cc1ccc(NC(=S)N[C@@H](C)[C@H](c2ccccc2)N2CCOCC2)cc1. The summed E-state index contributed by atoms with van der Waals surface area (Å²) in [6, 6.07) is 19.3. The second-order valence-corrected chi connectivity index (χ2v) is 7.17. The quantitative estimate of drug-likeness (QED) is 0.785. The Hall–Kier alpha value is -1.95. The van der Waals surface area contributed by atoms with Crippen molar-refractivity contribution in [2.75, 3.05) is 31.6 Å². The summed E-state index contributed by atoms with van der Waals surface area (Å²) in [7, 11) is 0. The topological polar surface area (TPSA) is 36.5 Å². The molecule has 1 aliphatic heterocycles. The summed E-state index contributed by atoms with van der Waals surface area (Å²) in [5.41, 5.74) is 3.54. The van der Waals surface area contributed by atoms with E-state index in [1.807, 2.05) is 12.1 Å². The first kappa shape index (κ1) is 18.8. The van der Waals surface area contributed by atoms with Gasteiger partial charge in [0.05, 0.1) is 19.3 Å². The molecule has 5 heteroatoms. The van der Waals surface area contributed by atoms with Crippen LogP contribution in [0.25, 0.3) is 0 Å². The second-order valence-electron chi connectivity index (χ2n) is 6.76. The molecule has 2 atom stereocenters. The standard InChI is InChI=1S/C21H27N3OS/c1-16-8-10-19(11-9-16)23-21(26)22-17(2)20(18-6-4-3-5-7-18)24-12-14-25-15-13-24/h3-11,17,20H,12-15H2,1-2H3,(H2,22,23,26)/t17-,20+/m0/s1. The van der Waals surface area contributed by atoms with Gasteiger partial charge in [-0.25, -0.2) is 0 Å². The molecule has 0 aromatic heterocycles. The summed E-state index contributed by atoms with van der Waals surface area (Å²) in [6.07, 6.45) is 0. The lowest BCUT2D eigenvalue weighted by atomic mass is 9.98. The lowest BCUT2D eigenvalue weighted by Crippen LogP contribution is -2.49. The maximum absolute atomic E-state index is 5.55. The Kier molecular flexibility index (Phi) is 6.61. The Bertz CT molecular complexity index is 699. The fraction of sp³-hybridized carbons (Fsp3) is 0.381. The van der Waals surface area contributed by atoms with Crippen LogP contribution in [0.2, 0.25) is 0 Å². The van der Waals surface area contributed by atoms with Crippen LogP contribution in [0.4, 0.5) is 5.69 Å². The van der Waals surface area contributed by atoms with Gasteiger partial charge in [-0.15, -0.1) is 0 Å². The van der Waals surface area contributed by atoms with Crippen molar-refractivity contribution < 1.29 is 4.74 Å². The zero-order valence-electron chi connectivity index (χ0n) is 15.4. The molecular formula is C21H27N3OS. The number of benzene rings is 2. The van der Waals surface area contributed by atoms with Gasteiger partial charge in [-0.05, 0) is 43.8 Å². The van der Waals surface area contributed by atoms with Crippen LogP contribution in [0.3, 0.4) is 0 Å². The van der Waals surface area contributed by atoms with Crippen LogP contribution in [0, 0.1) is 6.92 Å². The van der Waals surface area contributed by atoms with E-state index in [0.717, 1.165) is 32.0 Å². The average molecular weight is 370 g/mol. The third kappa shape index (κ3) is 5.04. The van der Waals surface area contributed by atoms with Crippen molar-refractivity contribution in [3.63, 3.8) is 0 Å². The van der Waals surface area contributed by atoms with Gasteiger partial charge in [0.2, 0.25) is 0 Å². The van der Waals surface area contributed by atoms with Gasteiger partial charge in [0.15, 0.2) is 5.11 Å². The molecule has 1 heterocycles. The van der Waals surface area contributed by atoms with Gasteiger partial charge in [0.1, 0.15) is 0 Å². The van der Waals surface area contributed by atoms with Crippen LogP contribution in [-0.4, -0.2) is 42.4 Å². The van der Waals surface area contributed by atoms with Crippen LogP contribution < -0.4 is 10.6 Å². The van der Waals surface area contributed by atoms with E-state index in [4.69, 9.17) is 17.0 Å². The highest BCUT2D eigenvalue weighted by atomic mass is 32.1. The first-order chi connectivity index (χ1) is 12.6. The molecule has 0 unspecified atom stereocenters. The van der Waals surface area contributed by atoms with Gasteiger partial charge in [0.25, 0.3) is 0 Å². The highest BCUT2D eigenvalue weighted by Crippen LogP contribution is 2.25. The minimum atomic E-state index is 0.168. The second kappa shape index (κ2) is 9.12. The van der Waals surface area contributed by atoms with Crippen molar-refractivity contribution >= 4 is 23.0 Å². The number of anilines is 1. The van der Waals surface area contributed by atoms with Gasteiger partial charge in [0, 0.05) is 24.8 Å². The molecule has 0 saturated carbocycles. The highest BCUT2D eigenvalue weighted by Gasteiger charge is 2.28. The molecule has 0 radical (unpaired) electrons. The van der Waals surface area contributed by atoms with Crippen molar-refractivity contribution in [3.05, 3.63) is 65.7 Å². The van der Waals surface area contributed by atoms with Gasteiger partial charge in [-0.3, -0.25) is 4.90 Å². The lowest BCUT2D eigenvalue weighted by molar-refractivity contribution is 0.0102. The van der Waals surface area contributed by atoms with Crippen LogP contribution in [0.15, 0.2) is 54.6 Å². The highest BCUT2D eigenvalue weighted by molar-refractivity contribution is 7.80. The molecule has 0 bridgehead atoms. The summed E-state index contributed by atoms with van der Waals surface area (Å²) in [4.78, 5) is 2.48. The predicted molar refractivity (Wildman–Crippen MR) is 112 cm³/mol. The molecule has 1 saturated heterocycles. The summed E-state index contributed by atoms with van der Waals surface area (Å²) < 4.78 is 5.54. The predicted octanol–water partition coefficient (Wildman–Crippen LogP) is 3.74. The molecule has 3 rings (SSSR count). The number of nitrogens with zero attached hydrogens (tertiary/aromatic N) is 1. The van der Waals surface area contributed by atoms with E-state index in [-0.39, 0.29) is 12.1 Å². The van der Waals surface area contributed by atoms with E-state index < -0.39 is 0 Å². The largest absolute Gasteiger partial charge is 0.379 e. The van der Waals surface area contributed by atoms with Crippen LogP contribution in [-0.2, 0) is 4.74 Å². The van der Waals surface area contributed by atoms with E-state index in [1.54, 1.807) is 0 Å². The summed E-state index contributed by atoms with van der Waals surface area (Å²) >= 11 is 5.55. The van der Waals surface area contributed by atoms with Crippen molar-refractivity contribution in [1.29, 1.82) is 0 Å². The molecule has 1 fully saturated rings. The van der Waals surface area contributed by atoms with Gasteiger partial charge in [-0.2, -0.15) is 0 Å². The monoisotopic (exact) mass is 369 g/mol. The number of aryl methyl sites for hydroxylation is 1. The molecule has 1 aliphatic rings. The zero-order valence-corrected chi connectivity index (χ0v) is 16.3. The number of thiocarbonyl (C=S) groups is 1. The van der Waals surface area contributed by atoms with E-state index in [9.17, 15) is 0 Å². The maximum atomic E-state index is 5.55. The average Bonchev–Trinajstić information content (AvgIpc) is 2.65. The molecule has 4 nitrogen and oxygen atoms in total. The first-order valence-corrected chi connectivity index (χ1v) is 9.55. The Labute approximate surface area is 161 Å². The molecule has 2 N–H and O–H groups in total. The molecule has 0 spiro atoms. The maximum Gasteiger partial charge on any atom is 0.171 e. The van der Waals surface area contributed by atoms with Gasteiger partial charge >= 0.3 is 0 Å². The minimum Gasteiger partial charge on any atom is -0.379 e. The number of ether oxygens (including phenoxy) is 1. The molecule has 2 aromatic rings. The molecule has 0 amide bonds. The number of hydrogen-bond acceptors (Lipinski definition) is 3. The van der Waals surface area contributed by atoms with Gasteiger partial charge < -0.3 is 15.4 Å². The van der Waals surface area contributed by atoms with Crippen molar-refractivity contribution in [1.82, 2.24) is 10.2 Å². The third-order valence-corrected chi connectivity index (χ3v) is 4.94. The Morgan fingerprint density at radius 2 is 1.69 bits per heavy atom. The van der Waals surface area contributed by atoms with Crippen molar-refractivity contribution in [2.24, 2.45) is 0 Å². The summed E-state index contributed by atoms with van der Waals surface area (Å²) in [5.74, 6) is 0. The van der Waals surface area contributed by atoms with Crippen molar-refractivity contribution in [2.45, 2.75) is 25.9 Å². The minimum absolute atomic E-state index is 0.168. The fourth-order valence-corrected chi connectivity index (χ4v) is 3.72. The molecule has 26 heavy (non-hydrogen) atoms. The number of rotatable bonds is 5. The van der Waals surface area contributed by atoms with Crippen LogP contribution in [0.1, 0.15) is 24.1 Å². The summed E-state index contributed by atoms with van der Waals surface area (Å²) in [5, 5.41) is 7.41. The smallest absolute Gasteiger partial charge is 0.171 e. The van der Waals surface area contributed by atoms with Crippen LogP contribution >= 0.6 is 12.2 Å². The molecule has 2 aromatic carbocycles. The van der Waals surface area contributed by atoms with E-state index >= 15 is 0 Å². The van der Waals surface area contributed by atoms with E-state index in [1.165, 1.54) is 11.1 Å². The van der Waals surface area contributed by atoms with Gasteiger partial charge in [-0.1, -0.05) is 48.0 Å². The number of hydrogen-bond donors (Lipinski definition) is 2. The molecular weight excluding hydrogens is 342 g/mol. The fourth-order valence-electron chi connectivity index (χ4n) is 3.41. The normalized spacial score (nSPS) is 17.3. The van der Waals surface area contributed by atoms with E-state index in [0.29, 0.717) is 5.11 Å². The first-order valence-electron chi connectivity index (χ1n) is 9.14. The zero-order chi connectivity index (χ0) is 18.4. The third-order valence-electron chi connectivity index (χ3n) is 4.72. The van der Waals surface area contributed by atoms with Crippen molar-refractivity contribution in [3.8, 4) is 0 Å². The van der Waals surface area contributed by atoms with Crippen LogP contribution in [0.5, 0.6) is 0 Å². The Morgan fingerprint density at radius 3 is 2.35 bits per heavy atom. The molecule has 138 valence electrons. The van der Waals surface area contributed by atoms with E-state index in [2.05, 4.69) is 71.8 Å². The number of morpholine rings is 1. The molecule has 0 aliphatic carbocycles. The Morgan fingerprint density at radius 1 is 1.04 bits per heavy atom. The lowest BCUT2D eigenvalue weighted by Gasteiger charge is -2.38. The Balaban J connectivity index is 1.69.